The van der Waals surface area contributed by atoms with Gasteiger partial charge in [-0.3, -0.25) is 0 Å². The summed E-state index contributed by atoms with van der Waals surface area (Å²) in [5, 5.41) is 2.91. The minimum Gasteiger partial charge on any atom is -0.444 e. The molecule has 2 aromatic carbocycles. The summed E-state index contributed by atoms with van der Waals surface area (Å²) in [5.41, 5.74) is 0.478. The number of carbonyl (C=O) groups excluding carboxylic acids is 1. The summed E-state index contributed by atoms with van der Waals surface area (Å²) in [5.74, 6) is 0. The molecule has 0 unspecified atom stereocenters. The van der Waals surface area contributed by atoms with E-state index in [9.17, 15) is 21.6 Å². The summed E-state index contributed by atoms with van der Waals surface area (Å²) >= 11 is 3.22. The zero-order chi connectivity index (χ0) is 27.9. The number of nitrogens with one attached hydrogen (secondary N) is 3. The molecule has 0 atom stereocenters. The number of alkyl carbamates (subject to hydrolysis) is 1. The molecule has 3 rings (SSSR count). The average Bonchev–Trinajstić information content (AvgIpc) is 2.84. The molecule has 1 heterocycles. The van der Waals surface area contributed by atoms with Crippen molar-refractivity contribution in [3.63, 3.8) is 0 Å². The van der Waals surface area contributed by atoms with Gasteiger partial charge in [0.05, 0.1) is 9.79 Å². The number of anilines is 1. The molecule has 0 bridgehead atoms. The van der Waals surface area contributed by atoms with E-state index >= 15 is 0 Å². The van der Waals surface area contributed by atoms with Gasteiger partial charge in [0.15, 0.2) is 0 Å². The van der Waals surface area contributed by atoms with Crippen molar-refractivity contribution < 1.29 is 26.4 Å². The first-order valence-electron chi connectivity index (χ1n) is 11.6. The van der Waals surface area contributed by atoms with Crippen LogP contribution in [-0.2, 0) is 24.8 Å². The number of benzene rings is 2. The maximum atomic E-state index is 11.8. The quantitative estimate of drug-likeness (QED) is 0.451. The monoisotopic (exact) mass is 618 g/mol. The molecule has 0 radical (unpaired) electrons. The maximum absolute atomic E-state index is 11.8. The van der Waals surface area contributed by atoms with E-state index in [0.29, 0.717) is 0 Å². The van der Waals surface area contributed by atoms with Crippen molar-refractivity contribution in [2.45, 2.75) is 55.0 Å². The van der Waals surface area contributed by atoms with Gasteiger partial charge in [-0.1, -0.05) is 15.9 Å². The average molecular weight is 620 g/mol. The smallest absolute Gasteiger partial charge is 0.407 e. The molecule has 1 amide bonds. The van der Waals surface area contributed by atoms with Crippen molar-refractivity contribution in [2.24, 2.45) is 0 Å². The molecule has 0 saturated carbocycles. The largest absolute Gasteiger partial charge is 0.444 e. The number of ether oxygens (including phenoxy) is 1. The van der Waals surface area contributed by atoms with Crippen molar-refractivity contribution in [3.05, 3.63) is 53.0 Å². The van der Waals surface area contributed by atoms with Gasteiger partial charge >= 0.3 is 6.09 Å². The fourth-order valence-corrected chi connectivity index (χ4v) is 5.17. The van der Waals surface area contributed by atoms with Gasteiger partial charge in [0.2, 0.25) is 20.0 Å². The normalized spacial score (nSPS) is 14.9. The van der Waals surface area contributed by atoms with E-state index < -0.39 is 25.6 Å². The molecule has 0 spiro atoms. The zero-order valence-corrected chi connectivity index (χ0v) is 24.8. The maximum Gasteiger partial charge on any atom is 0.407 e. The number of rotatable bonds is 6. The summed E-state index contributed by atoms with van der Waals surface area (Å²) in [6, 6.07) is 13.4. The van der Waals surface area contributed by atoms with Crippen LogP contribution in [0.1, 0.15) is 33.6 Å². The number of amides is 1. The molecule has 2 aromatic rings. The first-order valence-corrected chi connectivity index (χ1v) is 15.4. The van der Waals surface area contributed by atoms with Crippen molar-refractivity contribution in [3.8, 4) is 0 Å². The molecule has 1 saturated heterocycles. The Morgan fingerprint density at radius 3 is 1.70 bits per heavy atom. The first-order chi connectivity index (χ1) is 17.2. The van der Waals surface area contributed by atoms with E-state index in [4.69, 9.17) is 4.74 Å². The molecule has 13 heteroatoms. The minimum atomic E-state index is -3.41. The van der Waals surface area contributed by atoms with Gasteiger partial charge in [-0.15, -0.1) is 0 Å². The number of hydrogen-bond acceptors (Lipinski definition) is 7. The molecule has 37 heavy (non-hydrogen) atoms. The van der Waals surface area contributed by atoms with Crippen LogP contribution in [-0.4, -0.2) is 61.8 Å². The Balaban J connectivity index is 0.000000335. The Morgan fingerprint density at radius 1 is 0.865 bits per heavy atom. The van der Waals surface area contributed by atoms with Crippen LogP contribution < -0.4 is 19.7 Å². The molecule has 1 aliphatic heterocycles. The number of nitrogens with zero attached hydrogens (tertiary/aromatic N) is 1. The molecular weight excluding hydrogens is 584 g/mol. The highest BCUT2D eigenvalue weighted by atomic mass is 79.9. The third-order valence-corrected chi connectivity index (χ3v) is 8.78. The van der Waals surface area contributed by atoms with E-state index in [2.05, 4.69) is 35.6 Å². The summed E-state index contributed by atoms with van der Waals surface area (Å²) in [6.07, 6.45) is 1.25. The van der Waals surface area contributed by atoms with Crippen molar-refractivity contribution >= 4 is 47.8 Å². The van der Waals surface area contributed by atoms with Crippen molar-refractivity contribution in [1.82, 2.24) is 14.8 Å². The van der Waals surface area contributed by atoms with Crippen LogP contribution in [0, 0.1) is 0 Å². The highest BCUT2D eigenvalue weighted by Gasteiger charge is 2.24. The van der Waals surface area contributed by atoms with Crippen molar-refractivity contribution in [2.75, 3.05) is 32.1 Å². The minimum absolute atomic E-state index is 0.0926. The van der Waals surface area contributed by atoms with Gasteiger partial charge < -0.3 is 15.0 Å². The molecule has 10 nitrogen and oxygen atoms in total. The number of piperidine rings is 1. The van der Waals surface area contributed by atoms with Gasteiger partial charge in [-0.05, 0) is 96.2 Å². The van der Waals surface area contributed by atoms with Crippen LogP contribution in [0.15, 0.2) is 62.8 Å². The number of carbonyl (C=O) groups is 1. The highest BCUT2D eigenvalue weighted by Crippen LogP contribution is 2.22. The SMILES string of the molecule is CNS(=O)(=O)c1ccc(Br)cc1.CNS(=O)(=O)c1ccc(N2CCC(NC(=O)OC(C)(C)C)CC2)cc1. The second-order valence-corrected chi connectivity index (χ2v) is 14.0. The molecule has 206 valence electrons. The van der Waals surface area contributed by atoms with Crippen LogP contribution in [0.3, 0.4) is 0 Å². The number of hydrogen-bond donors (Lipinski definition) is 3. The Morgan fingerprint density at radius 2 is 1.30 bits per heavy atom. The van der Waals surface area contributed by atoms with Crippen LogP contribution >= 0.6 is 15.9 Å². The summed E-state index contributed by atoms with van der Waals surface area (Å²) in [7, 11) is -3.92. The van der Waals surface area contributed by atoms with Crippen molar-refractivity contribution in [1.29, 1.82) is 0 Å². The van der Waals surface area contributed by atoms with Crippen LogP contribution in [0.25, 0.3) is 0 Å². The molecule has 1 aliphatic rings. The first kappa shape index (κ1) is 31.0. The second kappa shape index (κ2) is 13.1. The van der Waals surface area contributed by atoms with Gasteiger partial charge in [0, 0.05) is 29.3 Å². The molecule has 0 aromatic heterocycles. The van der Waals surface area contributed by atoms with E-state index in [1.807, 2.05) is 32.9 Å². The van der Waals surface area contributed by atoms with Gasteiger partial charge in [-0.2, -0.15) is 0 Å². The standard InChI is InChI=1S/C17H27N3O4S.C7H8BrNO2S/c1-17(2,3)24-16(21)19-13-9-11-20(12-10-13)14-5-7-15(8-6-14)25(22,23)18-4;1-9-12(10,11)7-4-2-6(8)3-5-7/h5-8,13,18H,9-12H2,1-4H3,(H,19,21);2-5,9H,1H3. The third kappa shape index (κ3) is 9.89. The van der Waals surface area contributed by atoms with E-state index in [-0.39, 0.29) is 21.9 Å². The van der Waals surface area contributed by atoms with E-state index in [1.165, 1.54) is 26.2 Å². The summed E-state index contributed by atoms with van der Waals surface area (Å²) in [4.78, 5) is 14.5. The molecule has 1 fully saturated rings. The number of sulfonamides is 2. The van der Waals surface area contributed by atoms with E-state index in [0.717, 1.165) is 36.1 Å². The lowest BCUT2D eigenvalue weighted by Gasteiger charge is -2.34. The van der Waals surface area contributed by atoms with E-state index in [1.54, 1.807) is 24.3 Å². The molecular formula is C24H35BrN4O6S2. The van der Waals surface area contributed by atoms with Gasteiger partial charge in [0.1, 0.15) is 5.60 Å². The van der Waals surface area contributed by atoms with Crippen LogP contribution in [0.5, 0.6) is 0 Å². The Kier molecular flexibility index (Phi) is 10.9. The lowest BCUT2D eigenvalue weighted by molar-refractivity contribution is 0.0497. The zero-order valence-electron chi connectivity index (χ0n) is 21.6. The van der Waals surface area contributed by atoms with Crippen LogP contribution in [0.4, 0.5) is 10.5 Å². The summed E-state index contributed by atoms with van der Waals surface area (Å²) < 4.78 is 56.6. The Labute approximate surface area is 228 Å². The predicted octanol–water partition coefficient (Wildman–Crippen LogP) is 3.45. The lowest BCUT2D eigenvalue weighted by Crippen LogP contribution is -2.46. The summed E-state index contributed by atoms with van der Waals surface area (Å²) in [6.45, 7) is 7.10. The Bertz CT molecular complexity index is 1240. The highest BCUT2D eigenvalue weighted by molar-refractivity contribution is 9.10. The van der Waals surface area contributed by atoms with Crippen LogP contribution in [0.2, 0.25) is 0 Å². The van der Waals surface area contributed by atoms with Gasteiger partial charge in [0.25, 0.3) is 0 Å². The molecule has 3 N–H and O–H groups in total. The predicted molar refractivity (Wildman–Crippen MR) is 148 cm³/mol. The second-order valence-electron chi connectivity index (χ2n) is 9.27. The molecule has 0 aliphatic carbocycles. The van der Waals surface area contributed by atoms with Gasteiger partial charge in [-0.25, -0.2) is 31.1 Å². The number of halogens is 1. The lowest BCUT2D eigenvalue weighted by atomic mass is 10.0. The third-order valence-electron chi connectivity index (χ3n) is 5.39. The fraction of sp³-hybridized carbons (Fsp3) is 0.458. The Hall–Kier alpha value is -2.19. The fourth-order valence-electron chi connectivity index (χ4n) is 3.44. The topological polar surface area (TPSA) is 134 Å².